The predicted molar refractivity (Wildman–Crippen MR) is 88.2 cm³/mol. The average molecular weight is 287 g/mol. The predicted octanol–water partition coefficient (Wildman–Crippen LogP) is 2.83. The van der Waals surface area contributed by atoms with Crippen LogP contribution in [-0.2, 0) is 13.1 Å². The highest BCUT2D eigenvalue weighted by atomic mass is 15.1. The van der Waals surface area contributed by atoms with E-state index in [0.717, 1.165) is 13.1 Å². The van der Waals surface area contributed by atoms with Gasteiger partial charge in [-0.3, -0.25) is 0 Å². The van der Waals surface area contributed by atoms with Gasteiger partial charge in [-0.25, -0.2) is 9.13 Å². The summed E-state index contributed by atoms with van der Waals surface area (Å²) in [6.45, 7) is 6.53. The van der Waals surface area contributed by atoms with Crippen molar-refractivity contribution in [1.82, 2.24) is 0 Å². The molecule has 2 rings (SSSR count). The lowest BCUT2D eigenvalue weighted by Gasteiger charge is -2.09. The third kappa shape index (κ3) is 6.89. The standard InChI is InChI=1S/C9H15N2.C9H14N/c1-4-11-7-5-9(6-8-11)10(2)3;1-2-3-7-10-8-5-4-6-9-10/h5-8H,4H2,1-3H3;4-6,8-9H,2-3,7H2,1H3/q2*+1. The molecule has 0 fully saturated rings. The van der Waals surface area contributed by atoms with Gasteiger partial charge >= 0.3 is 0 Å². The summed E-state index contributed by atoms with van der Waals surface area (Å²) in [6.07, 6.45) is 10.9. The van der Waals surface area contributed by atoms with E-state index in [9.17, 15) is 0 Å². The molecule has 0 aromatic carbocycles. The zero-order valence-electron chi connectivity index (χ0n) is 13.9. The van der Waals surface area contributed by atoms with Crippen LogP contribution in [0.25, 0.3) is 0 Å². The molecule has 0 N–H and O–H groups in total. The second-order valence-electron chi connectivity index (χ2n) is 5.25. The van der Waals surface area contributed by atoms with Gasteiger partial charge in [-0.05, 0) is 6.92 Å². The lowest BCUT2D eigenvalue weighted by Crippen LogP contribution is -2.31. The smallest absolute Gasteiger partial charge is 0.170 e. The summed E-state index contributed by atoms with van der Waals surface area (Å²) in [5.41, 5.74) is 1.25. The van der Waals surface area contributed by atoms with Gasteiger partial charge in [0.25, 0.3) is 0 Å². The van der Waals surface area contributed by atoms with Crippen LogP contribution in [0.15, 0.2) is 55.1 Å². The van der Waals surface area contributed by atoms with Gasteiger partial charge < -0.3 is 4.90 Å². The number of aromatic nitrogens is 2. The highest BCUT2D eigenvalue weighted by molar-refractivity contribution is 5.41. The van der Waals surface area contributed by atoms with Crippen LogP contribution < -0.4 is 14.0 Å². The third-order valence-corrected chi connectivity index (χ3v) is 3.30. The summed E-state index contributed by atoms with van der Waals surface area (Å²) in [6, 6.07) is 10.4. The maximum atomic E-state index is 2.21. The van der Waals surface area contributed by atoms with Gasteiger partial charge in [0.1, 0.15) is 13.1 Å². The minimum absolute atomic E-state index is 1.04. The molecule has 3 nitrogen and oxygen atoms in total. The molecule has 2 heterocycles. The summed E-state index contributed by atoms with van der Waals surface area (Å²) in [5.74, 6) is 0. The number of rotatable bonds is 5. The van der Waals surface area contributed by atoms with Gasteiger partial charge in [-0.1, -0.05) is 19.4 Å². The van der Waals surface area contributed by atoms with Crippen LogP contribution in [0.4, 0.5) is 5.69 Å². The van der Waals surface area contributed by atoms with Gasteiger partial charge in [-0.15, -0.1) is 0 Å². The average Bonchev–Trinajstić information content (AvgIpc) is 2.54. The maximum absolute atomic E-state index is 2.21. The first kappa shape index (κ1) is 17.2. The van der Waals surface area contributed by atoms with Crippen molar-refractivity contribution >= 4 is 5.69 Å². The molecule has 0 aliphatic carbocycles. The van der Waals surface area contributed by atoms with E-state index in [1.54, 1.807) is 0 Å². The van der Waals surface area contributed by atoms with Crippen LogP contribution >= 0.6 is 0 Å². The molecule has 3 heteroatoms. The van der Waals surface area contributed by atoms with Crippen LogP contribution in [0.5, 0.6) is 0 Å². The molecule has 0 amide bonds. The van der Waals surface area contributed by atoms with E-state index in [-0.39, 0.29) is 0 Å². The van der Waals surface area contributed by atoms with Gasteiger partial charge in [-0.2, -0.15) is 0 Å². The van der Waals surface area contributed by atoms with Gasteiger partial charge in [0.05, 0.1) is 0 Å². The molecule has 2 aromatic heterocycles. The molecule has 21 heavy (non-hydrogen) atoms. The molecule has 0 aliphatic heterocycles. The van der Waals surface area contributed by atoms with E-state index in [2.05, 4.69) is 76.9 Å². The number of hydrogen-bond donors (Lipinski definition) is 0. The number of hydrogen-bond acceptors (Lipinski definition) is 1. The van der Waals surface area contributed by atoms with Crippen LogP contribution in [-0.4, -0.2) is 14.1 Å². The topological polar surface area (TPSA) is 11.0 Å². The van der Waals surface area contributed by atoms with Crippen molar-refractivity contribution in [1.29, 1.82) is 0 Å². The second-order valence-corrected chi connectivity index (χ2v) is 5.25. The van der Waals surface area contributed by atoms with E-state index in [4.69, 9.17) is 0 Å². The fraction of sp³-hybridized carbons (Fsp3) is 0.444. The van der Waals surface area contributed by atoms with Crippen LogP contribution in [0.2, 0.25) is 0 Å². The highest BCUT2D eigenvalue weighted by Gasteiger charge is 1.97. The zero-order chi connectivity index (χ0) is 15.5. The molecule has 0 radical (unpaired) electrons. The minimum atomic E-state index is 1.04. The van der Waals surface area contributed by atoms with Crippen LogP contribution in [0, 0.1) is 0 Å². The Morgan fingerprint density at radius 1 is 0.857 bits per heavy atom. The fourth-order valence-corrected chi connectivity index (χ4v) is 1.88. The first-order chi connectivity index (χ1) is 10.2. The highest BCUT2D eigenvalue weighted by Crippen LogP contribution is 2.05. The lowest BCUT2D eigenvalue weighted by atomic mass is 10.3. The van der Waals surface area contributed by atoms with E-state index in [1.165, 1.54) is 18.5 Å². The first-order valence-corrected chi connectivity index (χ1v) is 7.77. The molecule has 0 atom stereocenters. The maximum Gasteiger partial charge on any atom is 0.170 e. The van der Waals surface area contributed by atoms with Gasteiger partial charge in [0.2, 0.25) is 0 Å². The van der Waals surface area contributed by atoms with Crippen molar-refractivity contribution in [3.63, 3.8) is 0 Å². The van der Waals surface area contributed by atoms with Gasteiger partial charge in [0.15, 0.2) is 24.8 Å². The van der Waals surface area contributed by atoms with Crippen LogP contribution in [0.3, 0.4) is 0 Å². The van der Waals surface area contributed by atoms with E-state index < -0.39 is 0 Å². The number of aryl methyl sites for hydroxylation is 2. The largest absolute Gasteiger partial charge is 0.377 e. The number of unbranched alkanes of at least 4 members (excludes halogenated alkanes) is 1. The Labute approximate surface area is 129 Å². The van der Waals surface area contributed by atoms with Crippen LogP contribution in [0.1, 0.15) is 26.7 Å². The zero-order valence-corrected chi connectivity index (χ0v) is 13.9. The van der Waals surface area contributed by atoms with Crippen molar-refractivity contribution in [3.05, 3.63) is 55.1 Å². The Morgan fingerprint density at radius 2 is 1.48 bits per heavy atom. The molecule has 0 bridgehead atoms. The molecule has 0 saturated carbocycles. The third-order valence-electron chi connectivity index (χ3n) is 3.30. The summed E-state index contributed by atoms with van der Waals surface area (Å²) < 4.78 is 4.36. The molecular weight excluding hydrogens is 258 g/mol. The normalized spacial score (nSPS) is 9.71. The number of nitrogens with zero attached hydrogens (tertiary/aromatic N) is 3. The molecule has 0 saturated heterocycles. The Balaban J connectivity index is 0.000000211. The molecule has 0 aliphatic rings. The fourth-order valence-electron chi connectivity index (χ4n) is 1.88. The van der Waals surface area contributed by atoms with E-state index in [0.29, 0.717) is 0 Å². The van der Waals surface area contributed by atoms with Gasteiger partial charge in [0, 0.05) is 50.5 Å². The van der Waals surface area contributed by atoms with E-state index in [1.807, 2.05) is 20.2 Å². The Kier molecular flexibility index (Phi) is 8.10. The summed E-state index contributed by atoms with van der Waals surface area (Å²) >= 11 is 0. The SMILES string of the molecule is CCCC[n+]1ccccc1.CC[n+]1ccc(N(C)C)cc1. The summed E-state index contributed by atoms with van der Waals surface area (Å²) in [4.78, 5) is 2.10. The minimum Gasteiger partial charge on any atom is -0.377 e. The first-order valence-electron chi connectivity index (χ1n) is 7.77. The van der Waals surface area contributed by atoms with Crippen molar-refractivity contribution in [2.45, 2.75) is 39.8 Å². The summed E-state index contributed by atoms with van der Waals surface area (Å²) in [7, 11) is 4.09. The van der Waals surface area contributed by atoms with Crippen molar-refractivity contribution in [2.24, 2.45) is 0 Å². The number of pyridine rings is 2. The molecular formula is C18H29N3+2. The van der Waals surface area contributed by atoms with E-state index >= 15 is 0 Å². The Hall–Kier alpha value is -1.90. The monoisotopic (exact) mass is 287 g/mol. The second kappa shape index (κ2) is 9.92. The Bertz CT molecular complexity index is 478. The molecule has 2 aromatic rings. The van der Waals surface area contributed by atoms with Crippen molar-refractivity contribution in [2.75, 3.05) is 19.0 Å². The quantitative estimate of drug-likeness (QED) is 0.770. The summed E-state index contributed by atoms with van der Waals surface area (Å²) in [5, 5.41) is 0. The van der Waals surface area contributed by atoms with Crippen molar-refractivity contribution < 1.29 is 9.13 Å². The lowest BCUT2D eigenvalue weighted by molar-refractivity contribution is -0.697. The molecule has 0 spiro atoms. The molecule has 114 valence electrons. The van der Waals surface area contributed by atoms with Crippen molar-refractivity contribution in [3.8, 4) is 0 Å². The molecule has 0 unspecified atom stereocenters. The number of anilines is 1. The Morgan fingerprint density at radius 3 is 1.95 bits per heavy atom.